The predicted molar refractivity (Wildman–Crippen MR) is 552 cm³/mol. The fourth-order valence-corrected chi connectivity index (χ4v) is 18.9. The Bertz CT molecular complexity index is 7750. The molecule has 2 fully saturated rings. The summed E-state index contributed by atoms with van der Waals surface area (Å²) < 4.78 is 44.5. The zero-order chi connectivity index (χ0) is 89.6. The first-order valence-electron chi connectivity index (χ1n) is 45.1. The van der Waals surface area contributed by atoms with Crippen LogP contribution in [-0.4, -0.2) is 36.6 Å². The Morgan fingerprint density at radius 3 is 0.902 bits per heavy atom. The van der Waals surface area contributed by atoms with Gasteiger partial charge >= 0.3 is 14.2 Å². The Kier molecular flexibility index (Phi) is 21.1. The lowest BCUT2D eigenvalue weighted by Crippen LogP contribution is -2.41. The summed E-state index contributed by atoms with van der Waals surface area (Å²) >= 11 is 6.19. The van der Waals surface area contributed by atoms with E-state index in [1.165, 1.54) is 65.7 Å². The molecule has 132 heavy (non-hydrogen) atoms. The van der Waals surface area contributed by atoms with Gasteiger partial charge in [-0.15, -0.1) is 0 Å². The fraction of sp³-hybridized carbons (Fsp3) is 0.100. The second-order valence-electron chi connectivity index (χ2n) is 36.3. The molecule has 1 aliphatic carbocycles. The number of hydrogen-bond acceptors (Lipinski definition) is 9. The number of rotatable bonds is 14. The average Bonchev–Trinajstić information content (AvgIpc) is 1.58. The van der Waals surface area contributed by atoms with E-state index in [4.69, 9.17) is 43.5 Å². The summed E-state index contributed by atoms with van der Waals surface area (Å²) in [5.41, 5.74) is 25.7. The minimum absolute atomic E-state index is 0.399. The molecular formula is C120H92B2ClN2O7+. The number of halogens is 1. The van der Waals surface area contributed by atoms with Gasteiger partial charge in [0.25, 0.3) is 0 Å². The van der Waals surface area contributed by atoms with E-state index >= 15 is 0 Å². The summed E-state index contributed by atoms with van der Waals surface area (Å²) in [5.74, 6) is 0. The highest BCUT2D eigenvalue weighted by molar-refractivity contribution is 6.62. The summed E-state index contributed by atoms with van der Waals surface area (Å²) in [6.07, 6.45) is 11.2. The van der Waals surface area contributed by atoms with Crippen LogP contribution in [0.5, 0.6) is 0 Å². The van der Waals surface area contributed by atoms with Crippen LogP contribution in [0, 0.1) is 6.08 Å². The Balaban J connectivity index is 0.000000133. The smallest absolute Gasteiger partial charge is 0.455 e. The van der Waals surface area contributed by atoms with Gasteiger partial charge in [-0.1, -0.05) is 303 Å². The number of hydrogen-bond donors (Lipinski definition) is 0. The third-order valence-electron chi connectivity index (χ3n) is 27.2. The molecule has 0 atom stereocenters. The van der Waals surface area contributed by atoms with Crippen molar-refractivity contribution in [3.8, 4) is 55.6 Å². The van der Waals surface area contributed by atoms with Crippen LogP contribution in [0.4, 0.5) is 34.1 Å². The van der Waals surface area contributed by atoms with Crippen molar-refractivity contribution in [1.29, 1.82) is 0 Å². The number of benzene rings is 18. The quantitative estimate of drug-likeness (QED) is 0.0781. The number of anilines is 6. The minimum Gasteiger partial charge on any atom is -0.455 e. The van der Waals surface area contributed by atoms with Crippen molar-refractivity contribution >= 4 is 175 Å². The van der Waals surface area contributed by atoms with Crippen LogP contribution in [0.1, 0.15) is 61.0 Å². The summed E-state index contributed by atoms with van der Waals surface area (Å²) in [6, 6.07) is 137. The van der Waals surface area contributed by atoms with Crippen molar-refractivity contribution in [2.24, 2.45) is 0 Å². The van der Waals surface area contributed by atoms with E-state index in [0.29, 0.717) is 5.02 Å². The number of fused-ring (bicyclic) bond motifs is 15. The average molecular weight is 1730 g/mol. The number of allylic oxidation sites excluding steroid dienone is 6. The lowest BCUT2D eigenvalue weighted by molar-refractivity contribution is 0.00578. The highest BCUT2D eigenvalue weighted by Gasteiger charge is 2.53. The largest absolute Gasteiger partial charge is 0.494 e. The molecule has 0 unspecified atom stereocenters. The molecule has 3 aromatic heterocycles. The molecule has 636 valence electrons. The van der Waals surface area contributed by atoms with Crippen molar-refractivity contribution in [2.45, 2.75) is 77.8 Å². The second-order valence-corrected chi connectivity index (χ2v) is 36.7. The summed E-state index contributed by atoms with van der Waals surface area (Å²) in [6.45, 7) is 16.6. The molecule has 24 rings (SSSR count). The van der Waals surface area contributed by atoms with Crippen molar-refractivity contribution < 1.29 is 31.9 Å². The van der Waals surface area contributed by atoms with Crippen LogP contribution < -0.4 is 20.7 Å². The molecule has 2 aliphatic heterocycles. The van der Waals surface area contributed by atoms with Crippen molar-refractivity contribution in [2.75, 3.05) is 9.80 Å². The van der Waals surface area contributed by atoms with Crippen LogP contribution >= 0.6 is 11.6 Å². The van der Waals surface area contributed by atoms with Gasteiger partial charge in [-0.3, -0.25) is 0 Å². The summed E-state index contributed by atoms with van der Waals surface area (Å²) in [4.78, 5) is 4.60. The summed E-state index contributed by atoms with van der Waals surface area (Å²) in [7, 11) is -0.838. The van der Waals surface area contributed by atoms with E-state index < -0.39 is 36.6 Å². The maximum atomic E-state index is 6.63. The third kappa shape index (κ3) is 15.3. The van der Waals surface area contributed by atoms with Gasteiger partial charge in [-0.2, -0.15) is 0 Å². The maximum absolute atomic E-state index is 6.63. The molecule has 0 radical (unpaired) electrons. The first kappa shape index (κ1) is 82.8. The standard InChI is InChI=1S/C62H39NO2.C42H44B2NO4.C16H9ClO/c1-2-10-40(11-3-1)41-20-22-42(23-21-41)43-24-32-48(33-25-43)63(49-34-26-46(27-35-49)53-16-8-18-55-59-51-14-6-4-12-44(51)30-38-57(59)64-61(53)55)50-36-28-47(29-37-50)54-17-9-19-56-60-52-15-7-5-13-45(52)31-39-58(60)65-62(54)56;1-39(2)40(3,4)47-43(46-39)34-20-26-37(27-21-34)45(38-28-22-35(23-29-38)44-48-41(5,6)42(7,8)49-44)36-24-18-33(19-25-36)32-16-14-31(15-17-32)30-12-10-9-11-13-30;17-13-7-3-6-12-15-11-5-2-1-4-10(11)8-9-14(15)18-16(12)13/h1-39H;10-29H,1-8H3;1-9H/q;+1;. The fourth-order valence-electron chi connectivity index (χ4n) is 18.6. The van der Waals surface area contributed by atoms with E-state index in [0.717, 1.165) is 144 Å². The van der Waals surface area contributed by atoms with Gasteiger partial charge in [-0.25, -0.2) is 0 Å². The molecule has 0 saturated carbocycles. The molecule has 12 heteroatoms. The van der Waals surface area contributed by atoms with E-state index in [9.17, 15) is 0 Å². The molecule has 0 N–H and O–H groups in total. The lowest BCUT2D eigenvalue weighted by Gasteiger charge is -2.32. The van der Waals surface area contributed by atoms with Gasteiger partial charge in [0.2, 0.25) is 0 Å². The van der Waals surface area contributed by atoms with E-state index in [-0.39, 0.29) is 0 Å². The number of para-hydroxylation sites is 3. The van der Waals surface area contributed by atoms with Crippen LogP contribution in [0.15, 0.2) is 426 Å². The Morgan fingerprint density at radius 1 is 0.258 bits per heavy atom. The molecule has 9 nitrogen and oxygen atoms in total. The molecule has 21 aromatic rings. The van der Waals surface area contributed by atoms with Gasteiger partial charge in [0.05, 0.1) is 45.2 Å². The SMILES string of the molecule is CC1(C)OB(c2ccc(N(c3ccc(B4OC(C)(C)C(C)(C)O4)cc3)c3ccc(-c4ccc(C5=CC=[C+]C=C5)cc4)cc3)cc2)OC1(C)C.Clc1cccc2c1oc1ccc3ccccc3c12.c1ccc(-c2ccc(-c3ccc(N(c4ccc(-c5cccc6c5oc5ccc7ccccc7c56)cc4)c4ccc(-c5cccc6c5oc5ccc7ccccc7c56)cc4)cc3)cc2)cc1. The zero-order valence-electron chi connectivity index (χ0n) is 74.5. The highest BCUT2D eigenvalue weighted by Crippen LogP contribution is 2.48. The number of nitrogens with zero attached hydrogens (tertiary/aromatic N) is 2. The van der Waals surface area contributed by atoms with E-state index in [1.807, 2.05) is 42.5 Å². The van der Waals surface area contributed by atoms with Gasteiger partial charge in [0.1, 0.15) is 40.1 Å². The maximum Gasteiger partial charge on any atom is 0.494 e. The van der Waals surface area contributed by atoms with Gasteiger partial charge < -0.3 is 41.7 Å². The van der Waals surface area contributed by atoms with Gasteiger partial charge in [0.15, 0.2) is 5.58 Å². The van der Waals surface area contributed by atoms with Gasteiger partial charge in [-0.05, 0) is 240 Å². The Labute approximate surface area is 773 Å². The molecule has 0 spiro atoms. The molecule has 2 saturated heterocycles. The van der Waals surface area contributed by atoms with Crippen molar-refractivity contribution in [1.82, 2.24) is 0 Å². The first-order chi connectivity index (χ1) is 64.3. The third-order valence-corrected chi connectivity index (χ3v) is 27.5. The van der Waals surface area contributed by atoms with E-state index in [1.54, 1.807) is 0 Å². The Morgan fingerprint density at radius 2 is 0.545 bits per heavy atom. The molecule has 0 amide bonds. The van der Waals surface area contributed by atoms with Crippen LogP contribution in [0.3, 0.4) is 0 Å². The van der Waals surface area contributed by atoms with E-state index in [2.05, 4.69) is 441 Å². The van der Waals surface area contributed by atoms with Crippen molar-refractivity contribution in [3.05, 3.63) is 429 Å². The molecule has 3 aliphatic rings. The number of furan rings is 3. The molecular weight excluding hydrogens is 1640 g/mol. The Hall–Kier alpha value is -14.9. The lowest BCUT2D eigenvalue weighted by atomic mass is 9.79. The molecule has 0 bridgehead atoms. The summed E-state index contributed by atoms with van der Waals surface area (Å²) in [5, 5.41) is 14.7. The topological polar surface area (TPSA) is 82.8 Å². The predicted octanol–water partition coefficient (Wildman–Crippen LogP) is 32.1. The normalized spacial score (nSPS) is 14.7. The monoisotopic (exact) mass is 1730 g/mol. The molecule has 18 aromatic carbocycles. The highest BCUT2D eigenvalue weighted by atomic mass is 35.5. The zero-order valence-corrected chi connectivity index (χ0v) is 75.3. The molecule has 5 heterocycles. The van der Waals surface area contributed by atoms with Crippen LogP contribution in [-0.2, 0) is 18.6 Å². The first-order valence-corrected chi connectivity index (χ1v) is 45.5. The second kappa shape index (κ2) is 33.6. The minimum atomic E-state index is -0.419. The van der Waals surface area contributed by atoms with Gasteiger partial charge in [0, 0.05) is 89.2 Å². The van der Waals surface area contributed by atoms with Crippen molar-refractivity contribution in [3.63, 3.8) is 0 Å². The van der Waals surface area contributed by atoms with Crippen LogP contribution in [0.25, 0.3) is 159 Å². The van der Waals surface area contributed by atoms with Crippen LogP contribution in [0.2, 0.25) is 5.02 Å².